The van der Waals surface area contributed by atoms with Crippen LogP contribution in [0.1, 0.15) is 44.6 Å². The maximum Gasteiger partial charge on any atom is 0.226 e. The second kappa shape index (κ2) is 9.48. The monoisotopic (exact) mass is 292 g/mol. The summed E-state index contributed by atoms with van der Waals surface area (Å²) in [5.74, 6) is 0.0195. The van der Waals surface area contributed by atoms with E-state index in [0.29, 0.717) is 18.1 Å². The number of carbonyl (C=O) groups is 1. The number of hydrogen-bond acceptors (Lipinski definition) is 2. The Hall–Kier alpha value is -1.42. The molecule has 0 saturated carbocycles. The van der Waals surface area contributed by atoms with Gasteiger partial charge in [-0.25, -0.2) is 0 Å². The summed E-state index contributed by atoms with van der Waals surface area (Å²) in [7, 11) is 1.90. The summed E-state index contributed by atoms with van der Waals surface area (Å²) in [5.41, 5.74) is 1.18. The minimum absolute atomic E-state index is 0.0195. The average molecular weight is 292 g/mol. The minimum atomic E-state index is 0.0195. The zero-order valence-electron chi connectivity index (χ0n) is 12.4. The van der Waals surface area contributed by atoms with Crippen LogP contribution in [-0.2, 0) is 11.3 Å². The van der Waals surface area contributed by atoms with Gasteiger partial charge in [0.1, 0.15) is 0 Å². The third-order valence-electron chi connectivity index (χ3n) is 3.11. The van der Waals surface area contributed by atoms with Crippen molar-refractivity contribution in [3.63, 3.8) is 0 Å². The van der Waals surface area contributed by atoms with Crippen LogP contribution in [0.2, 0.25) is 0 Å². The van der Waals surface area contributed by atoms with E-state index in [1.165, 1.54) is 18.4 Å². The molecule has 1 amide bonds. The molecule has 20 heavy (non-hydrogen) atoms. The van der Waals surface area contributed by atoms with Crippen LogP contribution >= 0.6 is 12.2 Å². The first-order chi connectivity index (χ1) is 9.63. The summed E-state index contributed by atoms with van der Waals surface area (Å²) in [5, 5.41) is 3.29. The predicted octanol–water partition coefficient (Wildman–Crippen LogP) is 3.49. The second-order valence-corrected chi connectivity index (χ2v) is 5.39. The van der Waals surface area contributed by atoms with E-state index < -0.39 is 0 Å². The molecule has 0 spiro atoms. The fourth-order valence-electron chi connectivity index (χ4n) is 1.92. The van der Waals surface area contributed by atoms with E-state index >= 15 is 0 Å². The molecular weight excluding hydrogens is 268 g/mol. The average Bonchev–Trinajstić information content (AvgIpc) is 2.44. The van der Waals surface area contributed by atoms with Crippen LogP contribution in [0.4, 0.5) is 0 Å². The van der Waals surface area contributed by atoms with E-state index in [-0.39, 0.29) is 5.91 Å². The van der Waals surface area contributed by atoms with Gasteiger partial charge in [-0.3, -0.25) is 4.79 Å². The van der Waals surface area contributed by atoms with Gasteiger partial charge in [-0.2, -0.15) is 0 Å². The first-order valence-corrected chi connectivity index (χ1v) is 7.63. The number of nitrogens with zero attached hydrogens (tertiary/aromatic N) is 1. The summed E-state index contributed by atoms with van der Waals surface area (Å²) in [6.07, 6.45) is 4.96. The standard InChI is InChI=1S/C16H24N2OS/c1-3-4-5-9-12-15(19)17-16(20)18(2)13-14-10-7-6-8-11-14/h6-8,10-11H,3-5,9,12-13H2,1-2H3,(H,17,19,20). The van der Waals surface area contributed by atoms with Crippen LogP contribution in [0.15, 0.2) is 30.3 Å². The van der Waals surface area contributed by atoms with Crippen molar-refractivity contribution in [2.75, 3.05) is 7.05 Å². The van der Waals surface area contributed by atoms with Crippen LogP contribution in [0.3, 0.4) is 0 Å². The maximum absolute atomic E-state index is 11.7. The molecule has 1 aromatic rings. The van der Waals surface area contributed by atoms with Gasteiger partial charge in [-0.15, -0.1) is 0 Å². The quantitative estimate of drug-likeness (QED) is 0.617. The number of amides is 1. The van der Waals surface area contributed by atoms with Crippen molar-refractivity contribution in [1.82, 2.24) is 10.2 Å². The molecule has 0 atom stereocenters. The van der Waals surface area contributed by atoms with Gasteiger partial charge < -0.3 is 10.2 Å². The fraction of sp³-hybridized carbons (Fsp3) is 0.500. The van der Waals surface area contributed by atoms with Gasteiger partial charge in [0.2, 0.25) is 5.91 Å². The lowest BCUT2D eigenvalue weighted by Crippen LogP contribution is -2.40. The SMILES string of the molecule is CCCCCCC(=O)NC(=S)N(C)Cc1ccccc1. The third-order valence-corrected chi connectivity index (χ3v) is 3.53. The van der Waals surface area contributed by atoms with Gasteiger partial charge >= 0.3 is 0 Å². The Balaban J connectivity index is 2.29. The fourth-order valence-corrected chi connectivity index (χ4v) is 2.10. The number of thiocarbonyl (C=S) groups is 1. The number of unbranched alkanes of at least 4 members (excludes halogenated alkanes) is 3. The van der Waals surface area contributed by atoms with Crippen LogP contribution in [0.25, 0.3) is 0 Å². The normalized spacial score (nSPS) is 10.1. The molecule has 3 nitrogen and oxygen atoms in total. The van der Waals surface area contributed by atoms with Crippen molar-refractivity contribution in [3.05, 3.63) is 35.9 Å². The first kappa shape index (κ1) is 16.6. The Morgan fingerprint density at radius 2 is 1.90 bits per heavy atom. The second-order valence-electron chi connectivity index (χ2n) is 5.01. The Labute approximate surface area is 127 Å². The molecule has 0 saturated heterocycles. The molecule has 0 unspecified atom stereocenters. The molecule has 0 aliphatic heterocycles. The number of benzene rings is 1. The smallest absolute Gasteiger partial charge is 0.226 e. The van der Waals surface area contributed by atoms with Crippen molar-refractivity contribution >= 4 is 23.2 Å². The molecule has 110 valence electrons. The van der Waals surface area contributed by atoms with Crippen LogP contribution < -0.4 is 5.32 Å². The van der Waals surface area contributed by atoms with Gasteiger partial charge in [0.25, 0.3) is 0 Å². The van der Waals surface area contributed by atoms with Crippen LogP contribution in [0, 0.1) is 0 Å². The summed E-state index contributed by atoms with van der Waals surface area (Å²) in [6.45, 7) is 2.86. The largest absolute Gasteiger partial charge is 0.348 e. The van der Waals surface area contributed by atoms with Crippen molar-refractivity contribution in [2.24, 2.45) is 0 Å². The molecule has 1 rings (SSSR count). The molecule has 0 heterocycles. The lowest BCUT2D eigenvalue weighted by molar-refractivity contribution is -0.119. The Morgan fingerprint density at radius 3 is 2.55 bits per heavy atom. The Morgan fingerprint density at radius 1 is 1.20 bits per heavy atom. The summed E-state index contributed by atoms with van der Waals surface area (Å²) >= 11 is 5.25. The highest BCUT2D eigenvalue weighted by molar-refractivity contribution is 7.80. The molecule has 0 aliphatic carbocycles. The van der Waals surface area contributed by atoms with Crippen molar-refractivity contribution < 1.29 is 4.79 Å². The van der Waals surface area contributed by atoms with E-state index in [0.717, 1.165) is 12.8 Å². The third kappa shape index (κ3) is 6.66. The van der Waals surface area contributed by atoms with Gasteiger partial charge in [0.05, 0.1) is 0 Å². The summed E-state index contributed by atoms with van der Waals surface area (Å²) < 4.78 is 0. The Bertz CT molecular complexity index is 420. The molecule has 0 fully saturated rings. The van der Waals surface area contributed by atoms with E-state index in [9.17, 15) is 4.79 Å². The highest BCUT2D eigenvalue weighted by Gasteiger charge is 2.08. The number of hydrogen-bond donors (Lipinski definition) is 1. The van der Waals surface area contributed by atoms with E-state index in [4.69, 9.17) is 12.2 Å². The van der Waals surface area contributed by atoms with Crippen molar-refractivity contribution in [1.29, 1.82) is 0 Å². The van der Waals surface area contributed by atoms with Gasteiger partial charge in [0, 0.05) is 20.0 Å². The maximum atomic E-state index is 11.7. The van der Waals surface area contributed by atoms with E-state index in [1.807, 2.05) is 42.3 Å². The molecule has 1 N–H and O–H groups in total. The number of carbonyl (C=O) groups excluding carboxylic acids is 1. The van der Waals surface area contributed by atoms with Crippen LogP contribution in [-0.4, -0.2) is 23.0 Å². The number of nitrogens with one attached hydrogen (secondary N) is 1. The zero-order chi connectivity index (χ0) is 14.8. The van der Waals surface area contributed by atoms with Gasteiger partial charge in [0.15, 0.2) is 5.11 Å². The molecular formula is C16H24N2OS. The van der Waals surface area contributed by atoms with E-state index in [1.54, 1.807) is 0 Å². The molecule has 0 radical (unpaired) electrons. The highest BCUT2D eigenvalue weighted by Crippen LogP contribution is 2.04. The molecule has 0 aliphatic rings. The van der Waals surface area contributed by atoms with Gasteiger partial charge in [-0.1, -0.05) is 56.5 Å². The minimum Gasteiger partial charge on any atom is -0.348 e. The van der Waals surface area contributed by atoms with Crippen molar-refractivity contribution in [3.8, 4) is 0 Å². The lowest BCUT2D eigenvalue weighted by atomic mass is 10.1. The Kier molecular flexibility index (Phi) is 7.88. The zero-order valence-corrected chi connectivity index (χ0v) is 13.2. The molecule has 0 bridgehead atoms. The lowest BCUT2D eigenvalue weighted by Gasteiger charge is -2.20. The topological polar surface area (TPSA) is 32.3 Å². The highest BCUT2D eigenvalue weighted by atomic mass is 32.1. The summed E-state index contributed by atoms with van der Waals surface area (Å²) in [4.78, 5) is 13.6. The summed E-state index contributed by atoms with van der Waals surface area (Å²) in [6, 6.07) is 10.1. The molecule has 1 aromatic carbocycles. The van der Waals surface area contributed by atoms with E-state index in [2.05, 4.69) is 12.2 Å². The molecule has 4 heteroatoms. The van der Waals surface area contributed by atoms with Crippen molar-refractivity contribution in [2.45, 2.75) is 45.6 Å². The molecule has 0 aromatic heterocycles. The van der Waals surface area contributed by atoms with Crippen LogP contribution in [0.5, 0.6) is 0 Å². The van der Waals surface area contributed by atoms with Gasteiger partial charge in [-0.05, 0) is 24.2 Å². The number of rotatable bonds is 7. The predicted molar refractivity (Wildman–Crippen MR) is 87.4 cm³/mol. The first-order valence-electron chi connectivity index (χ1n) is 7.22.